The van der Waals surface area contributed by atoms with Crippen LogP contribution in [0.3, 0.4) is 0 Å². The lowest BCUT2D eigenvalue weighted by Gasteiger charge is -2.33. The number of methoxy groups -OCH3 is 1. The van der Waals surface area contributed by atoms with Crippen LogP contribution < -0.4 is 9.47 Å². The number of carbonyl (C=O) groups is 1. The fraction of sp³-hybridized carbons (Fsp3) is 0.368. The number of hydrogen-bond acceptors (Lipinski definition) is 7. The Bertz CT molecular complexity index is 850. The van der Waals surface area contributed by atoms with Gasteiger partial charge in [-0.3, -0.25) is 0 Å². The number of ether oxygens (including phenoxy) is 3. The van der Waals surface area contributed by atoms with Gasteiger partial charge in [0.2, 0.25) is 0 Å². The van der Waals surface area contributed by atoms with Crippen molar-refractivity contribution < 1.29 is 19.0 Å². The minimum atomic E-state index is -0.363. The number of aliphatic imine (C=N–C) groups is 1. The molecule has 2 aliphatic rings. The number of nitrogens with zero attached hydrogens (tertiary/aromatic N) is 2. The minimum Gasteiger partial charge on any atom is -0.492 e. The van der Waals surface area contributed by atoms with E-state index in [9.17, 15) is 4.79 Å². The van der Waals surface area contributed by atoms with Crippen molar-refractivity contribution in [3.63, 3.8) is 0 Å². The first-order valence-corrected chi connectivity index (χ1v) is 10.3. The van der Waals surface area contributed by atoms with Gasteiger partial charge in [0.1, 0.15) is 0 Å². The normalized spacial score (nSPS) is 18.3. The fourth-order valence-corrected chi connectivity index (χ4v) is 4.52. The third-order valence-electron chi connectivity index (χ3n) is 4.17. The van der Waals surface area contributed by atoms with Gasteiger partial charge in [-0.2, -0.15) is 0 Å². The molecule has 0 spiro atoms. The number of halogens is 1. The second-order valence-corrected chi connectivity index (χ2v) is 7.52. The molecule has 1 aromatic rings. The van der Waals surface area contributed by atoms with Crippen molar-refractivity contribution in [1.82, 2.24) is 4.90 Å². The summed E-state index contributed by atoms with van der Waals surface area (Å²) in [6.07, 6.45) is 1.93. The molecule has 6 nitrogen and oxygen atoms in total. The Morgan fingerprint density at radius 1 is 1.33 bits per heavy atom. The predicted octanol–water partition coefficient (Wildman–Crippen LogP) is 4.62. The summed E-state index contributed by atoms with van der Waals surface area (Å²) < 4.78 is 17.3. The summed E-state index contributed by atoms with van der Waals surface area (Å²) in [4.78, 5) is 19.3. The number of thioether (sulfide) groups is 1. The smallest absolute Gasteiger partial charge is 0.338 e. The highest BCUT2D eigenvalue weighted by Gasteiger charge is 2.38. The maximum atomic E-state index is 12.7. The SMILES string of the molecule is CCOC(=O)C1=C(C)N=C2SC=CN2[C@H]1c1cc(Br)c(OC)c(OCC)c1. The molecule has 0 amide bonds. The molecule has 0 fully saturated rings. The van der Waals surface area contributed by atoms with Crippen LogP contribution in [0, 0.1) is 0 Å². The van der Waals surface area contributed by atoms with Crippen molar-refractivity contribution in [1.29, 1.82) is 0 Å². The quantitative estimate of drug-likeness (QED) is 0.586. The average molecular weight is 453 g/mol. The van der Waals surface area contributed by atoms with E-state index in [0.29, 0.717) is 36.0 Å². The molecular formula is C19H21BrN2O4S. The third-order valence-corrected chi connectivity index (χ3v) is 5.53. The standard InChI is InChI=1S/C19H21BrN2O4S/c1-5-25-14-10-12(9-13(20)17(14)24-4)16-15(18(23)26-6-2)11(3)21-19-22(16)7-8-27-19/h7-10,16H,5-6H2,1-4H3/t16-/m0/s1. The number of esters is 1. The Morgan fingerprint density at radius 2 is 2.11 bits per heavy atom. The van der Waals surface area contributed by atoms with Crippen molar-refractivity contribution >= 4 is 38.8 Å². The van der Waals surface area contributed by atoms with Gasteiger partial charge in [0.25, 0.3) is 0 Å². The van der Waals surface area contributed by atoms with Gasteiger partial charge in [0.05, 0.1) is 42.1 Å². The summed E-state index contributed by atoms with van der Waals surface area (Å²) in [7, 11) is 1.60. The number of carbonyl (C=O) groups excluding carboxylic acids is 1. The minimum absolute atomic E-state index is 0.306. The lowest BCUT2D eigenvalue weighted by molar-refractivity contribution is -0.139. The zero-order valence-electron chi connectivity index (χ0n) is 15.6. The molecule has 8 heteroatoms. The van der Waals surface area contributed by atoms with E-state index < -0.39 is 0 Å². The molecule has 0 bridgehead atoms. The Kier molecular flexibility index (Phi) is 6.16. The van der Waals surface area contributed by atoms with Crippen LogP contribution in [0.15, 0.2) is 44.5 Å². The maximum absolute atomic E-state index is 12.7. The molecule has 0 unspecified atom stereocenters. The summed E-state index contributed by atoms with van der Waals surface area (Å²) >= 11 is 5.08. The van der Waals surface area contributed by atoms with Crippen molar-refractivity contribution in [3.05, 3.63) is 45.0 Å². The number of hydrogen-bond donors (Lipinski definition) is 0. The molecule has 0 saturated heterocycles. The Hall–Kier alpha value is -1.93. The highest BCUT2D eigenvalue weighted by molar-refractivity contribution is 9.10. The Morgan fingerprint density at radius 3 is 2.78 bits per heavy atom. The number of allylic oxidation sites excluding steroid dienone is 1. The summed E-state index contributed by atoms with van der Waals surface area (Å²) in [6.45, 7) is 6.36. The van der Waals surface area contributed by atoms with Gasteiger partial charge in [-0.05, 0) is 59.8 Å². The zero-order valence-corrected chi connectivity index (χ0v) is 18.0. The molecule has 27 heavy (non-hydrogen) atoms. The van der Waals surface area contributed by atoms with Crippen molar-refractivity contribution in [2.45, 2.75) is 26.8 Å². The van der Waals surface area contributed by atoms with E-state index in [2.05, 4.69) is 20.9 Å². The zero-order chi connectivity index (χ0) is 19.6. The second kappa shape index (κ2) is 8.39. The first-order chi connectivity index (χ1) is 13.0. The second-order valence-electron chi connectivity index (χ2n) is 5.79. The number of amidine groups is 1. The largest absolute Gasteiger partial charge is 0.492 e. The lowest BCUT2D eigenvalue weighted by Crippen LogP contribution is -2.34. The highest BCUT2D eigenvalue weighted by atomic mass is 79.9. The van der Waals surface area contributed by atoms with Crippen LogP contribution in [0.1, 0.15) is 32.4 Å². The van der Waals surface area contributed by atoms with E-state index >= 15 is 0 Å². The van der Waals surface area contributed by atoms with Crippen LogP contribution in [0.4, 0.5) is 0 Å². The van der Waals surface area contributed by atoms with Gasteiger partial charge < -0.3 is 19.1 Å². The molecular weight excluding hydrogens is 432 g/mol. The number of fused-ring (bicyclic) bond motifs is 1. The molecule has 2 aliphatic heterocycles. The van der Waals surface area contributed by atoms with Crippen LogP contribution in [0.2, 0.25) is 0 Å². The van der Waals surface area contributed by atoms with Crippen LogP contribution in [-0.2, 0) is 9.53 Å². The summed E-state index contributed by atoms with van der Waals surface area (Å²) in [5.41, 5.74) is 2.06. The van der Waals surface area contributed by atoms with Gasteiger partial charge in [-0.15, -0.1) is 0 Å². The van der Waals surface area contributed by atoms with E-state index in [4.69, 9.17) is 14.2 Å². The topological polar surface area (TPSA) is 60.4 Å². The van der Waals surface area contributed by atoms with E-state index in [-0.39, 0.29) is 12.0 Å². The molecule has 1 aromatic carbocycles. The Balaban J connectivity index is 2.15. The van der Waals surface area contributed by atoms with Crippen LogP contribution in [-0.4, -0.2) is 36.4 Å². The molecule has 3 rings (SSSR count). The monoisotopic (exact) mass is 452 g/mol. The highest BCUT2D eigenvalue weighted by Crippen LogP contribution is 2.45. The number of rotatable bonds is 6. The van der Waals surface area contributed by atoms with Crippen LogP contribution in [0.25, 0.3) is 0 Å². The van der Waals surface area contributed by atoms with Crippen LogP contribution >= 0.6 is 27.7 Å². The molecule has 0 aromatic heterocycles. The van der Waals surface area contributed by atoms with Gasteiger partial charge in [0.15, 0.2) is 16.7 Å². The Labute approximate surface area is 171 Å². The maximum Gasteiger partial charge on any atom is 0.338 e. The average Bonchev–Trinajstić information content (AvgIpc) is 3.08. The first kappa shape index (κ1) is 19.8. The summed E-state index contributed by atoms with van der Waals surface area (Å²) in [5.74, 6) is 0.873. The van der Waals surface area contributed by atoms with Crippen molar-refractivity contribution in [2.24, 2.45) is 4.99 Å². The van der Waals surface area contributed by atoms with Gasteiger partial charge in [0, 0.05) is 6.20 Å². The molecule has 2 heterocycles. The lowest BCUT2D eigenvalue weighted by atomic mass is 9.94. The van der Waals surface area contributed by atoms with Crippen LogP contribution in [0.5, 0.6) is 11.5 Å². The van der Waals surface area contributed by atoms with Crippen molar-refractivity contribution in [2.75, 3.05) is 20.3 Å². The summed E-state index contributed by atoms with van der Waals surface area (Å²) in [6, 6.07) is 3.49. The molecule has 0 aliphatic carbocycles. The van der Waals surface area contributed by atoms with Crippen molar-refractivity contribution in [3.8, 4) is 11.5 Å². The fourth-order valence-electron chi connectivity index (χ4n) is 3.10. The first-order valence-electron chi connectivity index (χ1n) is 8.60. The molecule has 0 saturated carbocycles. The van der Waals surface area contributed by atoms with Gasteiger partial charge >= 0.3 is 5.97 Å². The van der Waals surface area contributed by atoms with E-state index in [0.717, 1.165) is 15.2 Å². The predicted molar refractivity (Wildman–Crippen MR) is 110 cm³/mol. The van der Waals surface area contributed by atoms with E-state index in [1.165, 1.54) is 11.8 Å². The van der Waals surface area contributed by atoms with Gasteiger partial charge in [-0.1, -0.05) is 11.8 Å². The van der Waals surface area contributed by atoms with Gasteiger partial charge in [-0.25, -0.2) is 9.79 Å². The van der Waals surface area contributed by atoms with E-state index in [1.807, 2.05) is 42.5 Å². The molecule has 1 atom stereocenters. The number of benzene rings is 1. The van der Waals surface area contributed by atoms with E-state index in [1.54, 1.807) is 14.0 Å². The molecule has 0 N–H and O–H groups in total. The third kappa shape index (κ3) is 3.73. The molecule has 144 valence electrons. The molecule has 0 radical (unpaired) electrons. The summed E-state index contributed by atoms with van der Waals surface area (Å²) in [5, 5.41) is 2.78.